The Morgan fingerprint density at radius 3 is 0.500 bits per heavy atom. The zero-order chi connectivity index (χ0) is 0. The maximum Gasteiger partial charge on any atom is 3.00 e. The number of rotatable bonds is 0. The van der Waals surface area contributed by atoms with Crippen molar-refractivity contribution in [3.8, 4) is 0 Å². The zero-order valence-electron chi connectivity index (χ0n) is 2.43. The van der Waals surface area contributed by atoms with Crippen LogP contribution in [0.15, 0.2) is 0 Å². The first kappa shape index (κ1) is 177. The molecule has 0 spiro atoms. The van der Waals surface area contributed by atoms with Crippen LogP contribution in [0.3, 0.4) is 0 Å². The third kappa shape index (κ3) is 59.6. The number of hydrogen-bond acceptors (Lipinski definition) is 0. The van der Waals surface area contributed by atoms with Gasteiger partial charge < -0.3 is 16.4 Å². The molecule has 0 aliphatic heterocycles. The Balaban J connectivity index is 0. The Kier molecular flexibility index (Phi) is 3200. The van der Waals surface area contributed by atoms with E-state index in [1.807, 2.05) is 0 Å². The Labute approximate surface area is 64.2 Å². The summed E-state index contributed by atoms with van der Waals surface area (Å²) in [7, 11) is 0. The predicted molar refractivity (Wildman–Crippen MR) is 12.4 cm³/mol. The monoisotopic (exact) mass is 194 g/mol. The first-order chi connectivity index (χ1) is 0. The maximum absolute atomic E-state index is 0. The van der Waals surface area contributed by atoms with Crippen molar-refractivity contribution in [1.82, 2.24) is 0 Å². The van der Waals surface area contributed by atoms with E-state index in [2.05, 4.69) is 0 Å². The van der Waals surface area contributed by atoms with Gasteiger partial charge in [0.2, 0.25) is 0 Å². The second-order valence-corrected chi connectivity index (χ2v) is 0. The molecule has 0 saturated carbocycles. The molecule has 0 unspecified atom stereocenters. The minimum absolute atomic E-state index is 0. The number of hydrogen-bond donors (Lipinski definition) is 0. The van der Waals surface area contributed by atoms with Gasteiger partial charge >= 0.3 is 34.1 Å². The van der Waals surface area contributed by atoms with Gasteiger partial charge in [0.15, 0.2) is 0 Å². The van der Waals surface area contributed by atoms with Gasteiger partial charge in [-0.3, -0.25) is 0 Å². The van der Waals surface area contributed by atoms with Gasteiger partial charge in [0.1, 0.15) is 0 Å². The normalized spacial score (nSPS) is 0. The molecule has 0 saturated heterocycles. The largest absolute Gasteiger partial charge is 3.00 e. The summed E-state index contributed by atoms with van der Waals surface area (Å²) in [5.41, 5.74) is 0. The molecular weight excluding hydrogens is 192 g/mol. The second kappa shape index (κ2) is 108. The smallest absolute Gasteiger partial charge is 2.00 e. The molecule has 0 bridgehead atoms. The fourth-order valence-electron chi connectivity index (χ4n) is 0. The van der Waals surface area contributed by atoms with Crippen molar-refractivity contribution < 1.29 is 50.6 Å². The molecule has 0 fully saturated rings. The van der Waals surface area contributed by atoms with Gasteiger partial charge in [0.05, 0.1) is 0 Å². The third-order valence-electron chi connectivity index (χ3n) is 0. The van der Waals surface area contributed by atoms with Gasteiger partial charge in [-0.15, -0.1) is 0 Å². The first-order valence-electron chi connectivity index (χ1n) is 0. The Bertz CT molecular complexity index is 8.75. The van der Waals surface area contributed by atoms with Gasteiger partial charge in [0, 0.05) is 0 Å². The summed E-state index contributed by atoms with van der Waals surface area (Å²) in [6, 6.07) is 0. The fraction of sp³-hybridized carbons (Fsp3) is 0. The van der Waals surface area contributed by atoms with Crippen LogP contribution >= 0.6 is 13.5 Å². The molecule has 42 valence electrons. The van der Waals surface area contributed by atoms with E-state index < -0.39 is 0 Å². The van der Waals surface area contributed by atoms with Crippen molar-refractivity contribution in [2.24, 2.45) is 0 Å². The van der Waals surface area contributed by atoms with Crippen LogP contribution in [0.2, 0.25) is 0 Å². The minimum atomic E-state index is 0. The van der Waals surface area contributed by atoms with Crippen molar-refractivity contribution in [3.05, 3.63) is 0 Å². The molecular formula is H2Fe2O3S. The van der Waals surface area contributed by atoms with E-state index in [0.29, 0.717) is 0 Å². The summed E-state index contributed by atoms with van der Waals surface area (Å²) in [6.45, 7) is 0. The molecule has 0 aromatic carbocycles. The van der Waals surface area contributed by atoms with Gasteiger partial charge in [0.25, 0.3) is 0 Å². The molecule has 0 rings (SSSR count). The average Bonchev–Trinajstić information content (AvgIpc) is 0. The van der Waals surface area contributed by atoms with E-state index in [4.69, 9.17) is 0 Å². The van der Waals surface area contributed by atoms with Crippen LogP contribution in [-0.2, 0) is 50.6 Å². The fourth-order valence-corrected chi connectivity index (χ4v) is 0. The summed E-state index contributed by atoms with van der Waals surface area (Å²) >= 11 is 0. The molecule has 0 atom stereocenters. The van der Waals surface area contributed by atoms with Crippen LogP contribution in [0.1, 0.15) is 0 Å². The molecule has 0 aliphatic rings. The van der Waals surface area contributed by atoms with Crippen molar-refractivity contribution in [2.45, 2.75) is 0 Å². The van der Waals surface area contributed by atoms with Crippen molar-refractivity contribution in [2.75, 3.05) is 0 Å². The average molecular weight is 194 g/mol. The molecule has 0 aromatic heterocycles. The molecule has 0 amide bonds. The van der Waals surface area contributed by atoms with Gasteiger partial charge in [-0.05, 0) is 0 Å². The van der Waals surface area contributed by atoms with Gasteiger partial charge in [-0.2, -0.15) is 13.5 Å². The van der Waals surface area contributed by atoms with Crippen molar-refractivity contribution >= 4 is 13.5 Å². The molecule has 3 nitrogen and oxygen atoms in total. The van der Waals surface area contributed by atoms with E-state index in [-0.39, 0.29) is 64.1 Å². The molecule has 2 radical (unpaired) electrons. The summed E-state index contributed by atoms with van der Waals surface area (Å²) in [4.78, 5) is 0. The summed E-state index contributed by atoms with van der Waals surface area (Å²) < 4.78 is 0. The van der Waals surface area contributed by atoms with Gasteiger partial charge in [-0.25, -0.2) is 0 Å². The third-order valence-corrected chi connectivity index (χ3v) is 0. The van der Waals surface area contributed by atoms with E-state index in [1.165, 1.54) is 0 Å². The Hall–Kier alpha value is 1.27. The van der Waals surface area contributed by atoms with Crippen LogP contribution in [-0.4, -0.2) is 0 Å². The Morgan fingerprint density at radius 2 is 0.500 bits per heavy atom. The molecule has 6 heavy (non-hydrogen) atoms. The molecule has 0 heterocycles. The minimum Gasteiger partial charge on any atom is -2.00 e. The van der Waals surface area contributed by atoms with Crippen LogP contribution in [0, 0.1) is 0 Å². The molecule has 6 heteroatoms. The van der Waals surface area contributed by atoms with Crippen LogP contribution < -0.4 is 0 Å². The standard InChI is InChI=1S/2Fe.3O.H2S/h;;;;;1H2/q2*+3;3*-2;. The zero-order valence-corrected chi connectivity index (χ0v) is 5.64. The quantitative estimate of drug-likeness (QED) is 0.476. The Morgan fingerprint density at radius 1 is 0.500 bits per heavy atom. The molecule has 0 aromatic rings. The SMILES string of the molecule is S.[Fe+3].[Fe+3].[O-2].[O-2].[O-2]. The molecule has 0 N–H and O–H groups in total. The van der Waals surface area contributed by atoms with Gasteiger partial charge in [-0.1, -0.05) is 0 Å². The summed E-state index contributed by atoms with van der Waals surface area (Å²) in [5.74, 6) is 0. The van der Waals surface area contributed by atoms with Crippen LogP contribution in [0.5, 0.6) is 0 Å². The summed E-state index contributed by atoms with van der Waals surface area (Å²) in [5, 5.41) is 0. The predicted octanol–water partition coefficient (Wildman–Crippen LogP) is -0.249. The van der Waals surface area contributed by atoms with E-state index in [1.54, 1.807) is 0 Å². The maximum atomic E-state index is 0. The van der Waals surface area contributed by atoms with E-state index in [9.17, 15) is 0 Å². The first-order valence-corrected chi connectivity index (χ1v) is 0. The van der Waals surface area contributed by atoms with Crippen LogP contribution in [0.4, 0.5) is 0 Å². The topological polar surface area (TPSA) is 85.5 Å². The summed E-state index contributed by atoms with van der Waals surface area (Å²) in [6.07, 6.45) is 0. The van der Waals surface area contributed by atoms with Crippen molar-refractivity contribution in [1.29, 1.82) is 0 Å². The van der Waals surface area contributed by atoms with E-state index in [0.717, 1.165) is 0 Å². The van der Waals surface area contributed by atoms with Crippen LogP contribution in [0.25, 0.3) is 0 Å². The molecule has 0 aliphatic carbocycles. The second-order valence-electron chi connectivity index (χ2n) is 0. The van der Waals surface area contributed by atoms with E-state index >= 15 is 0 Å². The van der Waals surface area contributed by atoms with Crippen molar-refractivity contribution in [3.63, 3.8) is 0 Å².